The normalized spacial score (nSPS) is 24.4. The first-order chi connectivity index (χ1) is 17.7. The summed E-state index contributed by atoms with van der Waals surface area (Å²) in [7, 11) is 0. The fraction of sp³-hybridized carbons (Fsp3) is 0.594. The van der Waals surface area contributed by atoms with Gasteiger partial charge < -0.3 is 14.2 Å². The maximum absolute atomic E-state index is 12.2. The molecule has 4 nitrogen and oxygen atoms in total. The fourth-order valence-corrected chi connectivity index (χ4v) is 5.67. The Morgan fingerprint density at radius 2 is 1.36 bits per heavy atom. The van der Waals surface area contributed by atoms with Crippen molar-refractivity contribution >= 4 is 5.97 Å². The maximum atomic E-state index is 12.2. The molecule has 2 aliphatic rings. The molecule has 4 heteroatoms. The highest BCUT2D eigenvalue weighted by atomic mass is 16.7. The van der Waals surface area contributed by atoms with Crippen LogP contribution in [0.5, 0.6) is 0 Å². The average Bonchev–Trinajstić information content (AvgIpc) is 2.94. The third-order valence-electron chi connectivity index (χ3n) is 7.97. The van der Waals surface area contributed by atoms with E-state index in [4.69, 9.17) is 14.2 Å². The van der Waals surface area contributed by atoms with Gasteiger partial charge in [0.05, 0.1) is 25.4 Å². The highest BCUT2D eigenvalue weighted by Gasteiger charge is 2.26. The Bertz CT molecular complexity index is 904. The number of carbonyl (C=O) groups excluding carboxylic acids is 1. The second-order valence-corrected chi connectivity index (χ2v) is 10.7. The van der Waals surface area contributed by atoms with Gasteiger partial charge in [0.1, 0.15) is 0 Å². The molecule has 0 N–H and O–H groups in total. The van der Waals surface area contributed by atoms with Crippen LogP contribution in [0.15, 0.2) is 48.5 Å². The molecular weight excluding hydrogens is 448 g/mol. The van der Waals surface area contributed by atoms with E-state index in [2.05, 4.69) is 38.1 Å². The summed E-state index contributed by atoms with van der Waals surface area (Å²) in [5.41, 5.74) is 4.28. The van der Waals surface area contributed by atoms with Gasteiger partial charge in [-0.05, 0) is 67.2 Å². The Hall–Kier alpha value is -2.17. The van der Waals surface area contributed by atoms with Crippen LogP contribution >= 0.6 is 0 Å². The van der Waals surface area contributed by atoms with Gasteiger partial charge in [-0.1, -0.05) is 82.3 Å². The predicted molar refractivity (Wildman–Crippen MR) is 144 cm³/mol. The molecule has 1 saturated carbocycles. The number of hydrogen-bond acceptors (Lipinski definition) is 4. The molecule has 1 heterocycles. The zero-order valence-corrected chi connectivity index (χ0v) is 22.3. The van der Waals surface area contributed by atoms with E-state index >= 15 is 0 Å². The van der Waals surface area contributed by atoms with Crippen LogP contribution in [0.25, 0.3) is 0 Å². The lowest BCUT2D eigenvalue weighted by Gasteiger charge is -2.31. The molecule has 0 amide bonds. The van der Waals surface area contributed by atoms with Crippen LogP contribution in [0, 0.1) is 5.92 Å². The standard InChI is InChI=1S/C32H44O4/c1-3-5-6-7-21-34-31(33)28-17-19-29(20-18-28)32-35-22-30(23-36-32)27-15-13-26(14-16-27)25-11-9-24(8-4-2)10-12-25/h13-20,24-25,30,32H,3-12,21-23H2,1-2H3/t24-,25-,30?,32?. The van der Waals surface area contributed by atoms with Gasteiger partial charge in [-0.2, -0.15) is 0 Å². The summed E-state index contributed by atoms with van der Waals surface area (Å²) >= 11 is 0. The highest BCUT2D eigenvalue weighted by molar-refractivity contribution is 5.89. The molecule has 1 aliphatic carbocycles. The summed E-state index contributed by atoms with van der Waals surface area (Å²) in [4.78, 5) is 12.2. The number of ether oxygens (including phenoxy) is 3. The van der Waals surface area contributed by atoms with Crippen LogP contribution in [0.2, 0.25) is 0 Å². The lowest BCUT2D eigenvalue weighted by molar-refractivity contribution is -0.191. The quantitative estimate of drug-likeness (QED) is 0.234. The van der Waals surface area contributed by atoms with Gasteiger partial charge in [0.25, 0.3) is 0 Å². The van der Waals surface area contributed by atoms with E-state index in [1.54, 1.807) is 12.1 Å². The van der Waals surface area contributed by atoms with Gasteiger partial charge in [0.2, 0.25) is 0 Å². The van der Waals surface area contributed by atoms with Gasteiger partial charge in [-0.3, -0.25) is 0 Å². The molecule has 2 aromatic rings. The van der Waals surface area contributed by atoms with Crippen LogP contribution in [-0.4, -0.2) is 25.8 Å². The second kappa shape index (κ2) is 13.9. The minimum Gasteiger partial charge on any atom is -0.462 e. The number of esters is 1. The van der Waals surface area contributed by atoms with Gasteiger partial charge in [0, 0.05) is 11.5 Å². The number of hydrogen-bond donors (Lipinski definition) is 0. The minimum absolute atomic E-state index is 0.248. The molecule has 1 saturated heterocycles. The van der Waals surface area contributed by atoms with Crippen molar-refractivity contribution in [2.75, 3.05) is 19.8 Å². The number of unbranched alkanes of at least 4 members (excludes halogenated alkanes) is 3. The molecule has 196 valence electrons. The van der Waals surface area contributed by atoms with E-state index in [0.717, 1.165) is 30.2 Å². The first-order valence-corrected chi connectivity index (χ1v) is 14.3. The first-order valence-electron chi connectivity index (χ1n) is 14.3. The zero-order chi connectivity index (χ0) is 25.2. The Labute approximate surface area is 217 Å². The summed E-state index contributed by atoms with van der Waals surface area (Å²) < 4.78 is 17.5. The van der Waals surface area contributed by atoms with Gasteiger partial charge in [-0.15, -0.1) is 0 Å². The van der Waals surface area contributed by atoms with Crippen molar-refractivity contribution in [1.29, 1.82) is 0 Å². The predicted octanol–water partition coefficient (Wildman–Crippen LogP) is 8.33. The van der Waals surface area contributed by atoms with Crippen molar-refractivity contribution in [3.05, 3.63) is 70.8 Å². The smallest absolute Gasteiger partial charge is 0.338 e. The molecule has 0 unspecified atom stereocenters. The van der Waals surface area contributed by atoms with E-state index < -0.39 is 6.29 Å². The Morgan fingerprint density at radius 3 is 1.97 bits per heavy atom. The van der Waals surface area contributed by atoms with E-state index in [1.165, 1.54) is 62.5 Å². The van der Waals surface area contributed by atoms with Crippen molar-refractivity contribution in [3.63, 3.8) is 0 Å². The molecule has 36 heavy (non-hydrogen) atoms. The highest BCUT2D eigenvalue weighted by Crippen LogP contribution is 2.38. The van der Waals surface area contributed by atoms with Crippen LogP contribution in [0.4, 0.5) is 0 Å². The van der Waals surface area contributed by atoms with Gasteiger partial charge in [0.15, 0.2) is 6.29 Å². The van der Waals surface area contributed by atoms with Crippen molar-refractivity contribution in [1.82, 2.24) is 0 Å². The third kappa shape index (κ3) is 7.43. The molecule has 0 atom stereocenters. The van der Waals surface area contributed by atoms with E-state index in [1.807, 2.05) is 12.1 Å². The van der Waals surface area contributed by atoms with Gasteiger partial charge in [-0.25, -0.2) is 4.79 Å². The fourth-order valence-electron chi connectivity index (χ4n) is 5.67. The molecule has 4 rings (SSSR count). The molecule has 0 aromatic heterocycles. The number of carbonyl (C=O) groups is 1. The van der Waals surface area contributed by atoms with Crippen molar-refractivity contribution in [2.45, 2.75) is 96.2 Å². The molecule has 0 spiro atoms. The maximum Gasteiger partial charge on any atom is 0.338 e. The summed E-state index contributed by atoms with van der Waals surface area (Å²) in [5, 5.41) is 0. The summed E-state index contributed by atoms with van der Waals surface area (Å²) in [5.74, 6) is 1.65. The van der Waals surface area contributed by atoms with Crippen LogP contribution in [0.1, 0.15) is 123 Å². The van der Waals surface area contributed by atoms with Gasteiger partial charge >= 0.3 is 5.97 Å². The Morgan fingerprint density at radius 1 is 0.750 bits per heavy atom. The Kier molecular flexibility index (Phi) is 10.4. The van der Waals surface area contributed by atoms with E-state index in [9.17, 15) is 4.79 Å². The molecule has 0 bridgehead atoms. The van der Waals surface area contributed by atoms with Crippen molar-refractivity contribution < 1.29 is 19.0 Å². The second-order valence-electron chi connectivity index (χ2n) is 10.7. The summed E-state index contributed by atoms with van der Waals surface area (Å²) in [6.45, 7) is 6.22. The van der Waals surface area contributed by atoms with Crippen LogP contribution in [-0.2, 0) is 14.2 Å². The lowest BCUT2D eigenvalue weighted by Crippen LogP contribution is -2.25. The number of benzene rings is 2. The molecule has 0 radical (unpaired) electrons. The molecular formula is C32H44O4. The number of rotatable bonds is 11. The molecule has 2 aromatic carbocycles. The summed E-state index contributed by atoms with van der Waals surface area (Å²) in [6, 6.07) is 16.6. The van der Waals surface area contributed by atoms with E-state index in [0.29, 0.717) is 25.4 Å². The summed E-state index contributed by atoms with van der Waals surface area (Å²) in [6.07, 6.45) is 12.1. The van der Waals surface area contributed by atoms with Crippen molar-refractivity contribution in [2.24, 2.45) is 5.92 Å². The molecule has 1 aliphatic heterocycles. The van der Waals surface area contributed by atoms with Crippen LogP contribution < -0.4 is 0 Å². The average molecular weight is 493 g/mol. The monoisotopic (exact) mass is 492 g/mol. The van der Waals surface area contributed by atoms with E-state index in [-0.39, 0.29) is 11.9 Å². The third-order valence-corrected chi connectivity index (χ3v) is 7.97. The first kappa shape index (κ1) is 26.9. The lowest BCUT2D eigenvalue weighted by atomic mass is 9.77. The topological polar surface area (TPSA) is 44.8 Å². The van der Waals surface area contributed by atoms with Crippen LogP contribution in [0.3, 0.4) is 0 Å². The SMILES string of the molecule is CCCCCCOC(=O)c1ccc(C2OCC(c3ccc([C@H]4CC[C@H](CCC)CC4)cc3)CO2)cc1. The largest absolute Gasteiger partial charge is 0.462 e. The Balaban J connectivity index is 1.22. The molecule has 2 fully saturated rings. The minimum atomic E-state index is -0.391. The zero-order valence-electron chi connectivity index (χ0n) is 22.3. The van der Waals surface area contributed by atoms with Crippen molar-refractivity contribution in [3.8, 4) is 0 Å².